The second-order valence-corrected chi connectivity index (χ2v) is 3.09. The third-order valence-electron chi connectivity index (χ3n) is 2.02. The van der Waals surface area contributed by atoms with Gasteiger partial charge in [-0.3, -0.25) is 4.79 Å². The molecule has 0 aliphatic rings. The van der Waals surface area contributed by atoms with Crippen molar-refractivity contribution in [1.82, 2.24) is 0 Å². The molecule has 3 nitrogen and oxygen atoms in total. The van der Waals surface area contributed by atoms with Crippen LogP contribution in [0.1, 0.15) is 18.4 Å². The van der Waals surface area contributed by atoms with E-state index in [2.05, 4.69) is 0 Å². The molecule has 0 aromatic heterocycles. The van der Waals surface area contributed by atoms with Gasteiger partial charge in [0, 0.05) is 6.54 Å². The van der Waals surface area contributed by atoms with Gasteiger partial charge in [0.2, 0.25) is 0 Å². The fourth-order valence-corrected chi connectivity index (χ4v) is 1.16. The largest absolute Gasteiger partial charge is 0.464 e. The minimum atomic E-state index is -0.221. The van der Waals surface area contributed by atoms with E-state index < -0.39 is 0 Å². The lowest BCUT2D eigenvalue weighted by atomic mass is 10.0. The highest BCUT2D eigenvalue weighted by Crippen LogP contribution is 2.15. The predicted molar refractivity (Wildman–Crippen MR) is 62.1 cm³/mol. The SMILES string of the molecule is CC(C(=O)OCCN)c1ccccc1.Cl. The lowest BCUT2D eigenvalue weighted by Gasteiger charge is -2.10. The monoisotopic (exact) mass is 229 g/mol. The summed E-state index contributed by atoms with van der Waals surface area (Å²) in [5, 5.41) is 0. The van der Waals surface area contributed by atoms with Crippen molar-refractivity contribution >= 4 is 18.4 Å². The van der Waals surface area contributed by atoms with Crippen LogP contribution in [-0.4, -0.2) is 19.1 Å². The first-order valence-corrected chi connectivity index (χ1v) is 4.67. The summed E-state index contributed by atoms with van der Waals surface area (Å²) in [6.45, 7) is 2.48. The van der Waals surface area contributed by atoms with Gasteiger partial charge in [-0.25, -0.2) is 0 Å². The predicted octanol–water partition coefficient (Wildman–Crippen LogP) is 1.71. The van der Waals surface area contributed by atoms with Crippen molar-refractivity contribution in [2.45, 2.75) is 12.8 Å². The van der Waals surface area contributed by atoms with Gasteiger partial charge >= 0.3 is 5.97 Å². The molecule has 0 aliphatic heterocycles. The zero-order chi connectivity index (χ0) is 10.4. The maximum atomic E-state index is 11.4. The Balaban J connectivity index is 0.00000196. The first-order valence-electron chi connectivity index (χ1n) is 4.67. The molecule has 0 saturated carbocycles. The summed E-state index contributed by atoms with van der Waals surface area (Å²) < 4.78 is 4.94. The number of rotatable bonds is 4. The van der Waals surface area contributed by atoms with E-state index in [1.165, 1.54) is 0 Å². The summed E-state index contributed by atoms with van der Waals surface area (Å²) in [7, 11) is 0. The van der Waals surface area contributed by atoms with Gasteiger partial charge < -0.3 is 10.5 Å². The standard InChI is InChI=1S/C11H15NO2.ClH/c1-9(11(13)14-8-7-12)10-5-3-2-4-6-10;/h2-6,9H,7-8,12H2,1H3;1H. The zero-order valence-corrected chi connectivity index (χ0v) is 9.50. The first kappa shape index (κ1) is 13.9. The fourth-order valence-electron chi connectivity index (χ4n) is 1.16. The molecular weight excluding hydrogens is 214 g/mol. The third-order valence-corrected chi connectivity index (χ3v) is 2.02. The number of esters is 1. The highest BCUT2D eigenvalue weighted by molar-refractivity contribution is 5.85. The molecule has 1 rings (SSSR count). The summed E-state index contributed by atoms with van der Waals surface area (Å²) in [6.07, 6.45) is 0. The fraction of sp³-hybridized carbons (Fsp3) is 0.364. The molecule has 0 saturated heterocycles. The molecular formula is C11H16ClNO2. The number of carbonyl (C=O) groups excluding carboxylic acids is 1. The number of hydrogen-bond acceptors (Lipinski definition) is 3. The van der Waals surface area contributed by atoms with Crippen LogP contribution < -0.4 is 5.73 Å². The Hall–Kier alpha value is -1.06. The number of halogens is 1. The molecule has 0 amide bonds. The molecule has 0 spiro atoms. The summed E-state index contributed by atoms with van der Waals surface area (Å²) in [5.41, 5.74) is 6.21. The summed E-state index contributed by atoms with van der Waals surface area (Å²) >= 11 is 0. The molecule has 0 fully saturated rings. The molecule has 1 unspecified atom stereocenters. The Bertz CT molecular complexity index is 290. The third kappa shape index (κ3) is 4.32. The molecule has 2 N–H and O–H groups in total. The Morgan fingerprint density at radius 3 is 2.53 bits per heavy atom. The molecule has 15 heavy (non-hydrogen) atoms. The quantitative estimate of drug-likeness (QED) is 0.800. The highest BCUT2D eigenvalue weighted by Gasteiger charge is 2.15. The van der Waals surface area contributed by atoms with E-state index >= 15 is 0 Å². The summed E-state index contributed by atoms with van der Waals surface area (Å²) in [4.78, 5) is 11.4. The molecule has 84 valence electrons. The van der Waals surface area contributed by atoms with Crippen LogP contribution in [0.5, 0.6) is 0 Å². The van der Waals surface area contributed by atoms with Crippen LogP contribution in [0.25, 0.3) is 0 Å². The molecule has 0 heterocycles. The van der Waals surface area contributed by atoms with Gasteiger partial charge in [0.1, 0.15) is 6.61 Å². The molecule has 0 aliphatic carbocycles. The van der Waals surface area contributed by atoms with E-state index in [9.17, 15) is 4.79 Å². The van der Waals surface area contributed by atoms with Gasteiger partial charge in [-0.1, -0.05) is 30.3 Å². The van der Waals surface area contributed by atoms with Crippen LogP contribution in [0.15, 0.2) is 30.3 Å². The van der Waals surface area contributed by atoms with Gasteiger partial charge in [0.15, 0.2) is 0 Å². The Morgan fingerprint density at radius 1 is 1.40 bits per heavy atom. The van der Waals surface area contributed by atoms with Crippen molar-refractivity contribution in [3.05, 3.63) is 35.9 Å². The minimum absolute atomic E-state index is 0. The van der Waals surface area contributed by atoms with Crippen molar-refractivity contribution in [3.63, 3.8) is 0 Å². The molecule has 4 heteroatoms. The molecule has 1 atom stereocenters. The first-order chi connectivity index (χ1) is 6.75. The van der Waals surface area contributed by atoms with Crippen LogP contribution in [0.3, 0.4) is 0 Å². The molecule has 1 aromatic rings. The minimum Gasteiger partial charge on any atom is -0.464 e. The number of nitrogens with two attached hydrogens (primary N) is 1. The molecule has 0 radical (unpaired) electrons. The van der Waals surface area contributed by atoms with Crippen molar-refractivity contribution < 1.29 is 9.53 Å². The van der Waals surface area contributed by atoms with Gasteiger partial charge in [0.25, 0.3) is 0 Å². The van der Waals surface area contributed by atoms with Crippen LogP contribution >= 0.6 is 12.4 Å². The maximum absolute atomic E-state index is 11.4. The lowest BCUT2D eigenvalue weighted by molar-refractivity contribution is -0.144. The summed E-state index contributed by atoms with van der Waals surface area (Å²) in [5.74, 6) is -0.440. The number of hydrogen-bond donors (Lipinski definition) is 1. The van der Waals surface area contributed by atoms with E-state index in [1.807, 2.05) is 37.3 Å². The van der Waals surface area contributed by atoms with Crippen molar-refractivity contribution in [1.29, 1.82) is 0 Å². The molecule has 0 bridgehead atoms. The van der Waals surface area contributed by atoms with E-state index in [0.717, 1.165) is 5.56 Å². The van der Waals surface area contributed by atoms with E-state index in [0.29, 0.717) is 6.54 Å². The smallest absolute Gasteiger partial charge is 0.313 e. The second-order valence-electron chi connectivity index (χ2n) is 3.09. The number of ether oxygens (including phenoxy) is 1. The second kappa shape index (κ2) is 7.26. The van der Waals surface area contributed by atoms with E-state index in [-0.39, 0.29) is 30.9 Å². The Labute approximate surface area is 96.0 Å². The van der Waals surface area contributed by atoms with Gasteiger partial charge in [-0.15, -0.1) is 12.4 Å². The number of carbonyl (C=O) groups is 1. The summed E-state index contributed by atoms with van der Waals surface area (Å²) in [6, 6.07) is 9.55. The number of benzene rings is 1. The van der Waals surface area contributed by atoms with Crippen LogP contribution in [0.2, 0.25) is 0 Å². The van der Waals surface area contributed by atoms with Gasteiger partial charge in [0.05, 0.1) is 5.92 Å². The van der Waals surface area contributed by atoms with Crippen molar-refractivity contribution in [3.8, 4) is 0 Å². The average molecular weight is 230 g/mol. The lowest BCUT2D eigenvalue weighted by Crippen LogP contribution is -2.18. The van der Waals surface area contributed by atoms with Crippen LogP contribution in [0, 0.1) is 0 Å². The zero-order valence-electron chi connectivity index (χ0n) is 8.68. The maximum Gasteiger partial charge on any atom is 0.313 e. The van der Waals surface area contributed by atoms with Crippen LogP contribution in [-0.2, 0) is 9.53 Å². The van der Waals surface area contributed by atoms with Crippen molar-refractivity contribution in [2.24, 2.45) is 5.73 Å². The average Bonchev–Trinajstić information content (AvgIpc) is 2.26. The Morgan fingerprint density at radius 2 is 2.00 bits per heavy atom. The normalized spacial score (nSPS) is 11.3. The van der Waals surface area contributed by atoms with Crippen LogP contribution in [0.4, 0.5) is 0 Å². The topological polar surface area (TPSA) is 52.3 Å². The van der Waals surface area contributed by atoms with Crippen molar-refractivity contribution in [2.75, 3.05) is 13.2 Å². The highest BCUT2D eigenvalue weighted by atomic mass is 35.5. The molecule has 1 aromatic carbocycles. The van der Waals surface area contributed by atoms with E-state index in [1.54, 1.807) is 0 Å². The van der Waals surface area contributed by atoms with E-state index in [4.69, 9.17) is 10.5 Å². The van der Waals surface area contributed by atoms with Gasteiger partial charge in [-0.05, 0) is 12.5 Å². The van der Waals surface area contributed by atoms with Gasteiger partial charge in [-0.2, -0.15) is 0 Å². The Kier molecular flexibility index (Phi) is 6.75.